The van der Waals surface area contributed by atoms with Gasteiger partial charge < -0.3 is 0 Å². The summed E-state index contributed by atoms with van der Waals surface area (Å²) in [4.78, 5) is 0. The van der Waals surface area contributed by atoms with Crippen molar-refractivity contribution >= 4 is 24.1 Å². The van der Waals surface area contributed by atoms with Gasteiger partial charge in [0.2, 0.25) is 0 Å². The van der Waals surface area contributed by atoms with Crippen molar-refractivity contribution in [3.8, 4) is 5.69 Å². The quantitative estimate of drug-likeness (QED) is 0.546. The average Bonchev–Trinajstić information content (AvgIpc) is 2.92. The Kier molecular flexibility index (Phi) is 4.30. The Balaban J connectivity index is 2.24. The number of nitrogens with zero attached hydrogens (tertiary/aromatic N) is 2. The topological polar surface area (TPSA) is 17.8 Å². The van der Waals surface area contributed by atoms with Crippen LogP contribution in [0.15, 0.2) is 54.7 Å². The molecule has 0 radical (unpaired) electrons. The molecule has 0 N–H and O–H groups in total. The summed E-state index contributed by atoms with van der Waals surface area (Å²) in [6, 6.07) is 17.2. The third kappa shape index (κ3) is 3.13. The molecule has 0 saturated carbocycles. The molecule has 0 spiro atoms. The number of hydrogen-bond donors (Lipinski definition) is 0. The standard InChI is InChI=1S/C21H27N2P/c1-20(2,3)24(21(4,5)6)19-14-15-22-23(19)18-13-9-11-16-10-7-8-12-17(16)18/h7-15H,1-6H3. The van der Waals surface area contributed by atoms with Crippen molar-refractivity contribution in [2.24, 2.45) is 0 Å². The minimum absolute atomic E-state index is 0.218. The second-order valence-corrected chi connectivity index (χ2v) is 12.1. The van der Waals surface area contributed by atoms with Crippen molar-refractivity contribution in [1.82, 2.24) is 9.78 Å². The summed E-state index contributed by atoms with van der Waals surface area (Å²) in [6.07, 6.45) is 1.95. The Hall–Kier alpha value is -1.66. The lowest BCUT2D eigenvalue weighted by atomic mass is 10.1. The molecule has 24 heavy (non-hydrogen) atoms. The molecular formula is C21H27N2P. The lowest BCUT2D eigenvalue weighted by Gasteiger charge is -2.41. The van der Waals surface area contributed by atoms with E-state index in [4.69, 9.17) is 5.10 Å². The summed E-state index contributed by atoms with van der Waals surface area (Å²) in [7, 11) is -0.400. The number of benzene rings is 2. The van der Waals surface area contributed by atoms with Crippen LogP contribution in [-0.4, -0.2) is 20.1 Å². The summed E-state index contributed by atoms with van der Waals surface area (Å²) < 4.78 is 2.17. The molecule has 0 fully saturated rings. The molecule has 3 aromatic rings. The van der Waals surface area contributed by atoms with Crippen LogP contribution in [0.1, 0.15) is 41.5 Å². The number of fused-ring (bicyclic) bond motifs is 1. The molecule has 0 aliphatic carbocycles. The summed E-state index contributed by atoms with van der Waals surface area (Å²) in [6.45, 7) is 14.1. The molecule has 1 heterocycles. The Bertz CT molecular complexity index is 831. The molecule has 3 heteroatoms. The maximum absolute atomic E-state index is 4.72. The fourth-order valence-electron chi connectivity index (χ4n) is 3.74. The first-order chi connectivity index (χ1) is 11.2. The van der Waals surface area contributed by atoms with E-state index in [0.717, 1.165) is 0 Å². The maximum atomic E-state index is 4.72. The summed E-state index contributed by atoms with van der Waals surface area (Å²) in [5.41, 5.74) is 2.52. The average molecular weight is 338 g/mol. The Morgan fingerprint density at radius 3 is 2.08 bits per heavy atom. The smallest absolute Gasteiger partial charge is 0.0731 e. The highest BCUT2D eigenvalue weighted by atomic mass is 31.1. The van der Waals surface area contributed by atoms with Crippen molar-refractivity contribution in [2.75, 3.05) is 0 Å². The number of aromatic nitrogens is 2. The molecule has 0 unspecified atom stereocenters. The van der Waals surface area contributed by atoms with Gasteiger partial charge in [-0.3, -0.25) is 0 Å². The van der Waals surface area contributed by atoms with Crippen LogP contribution in [0.3, 0.4) is 0 Å². The van der Waals surface area contributed by atoms with E-state index in [1.165, 1.54) is 21.9 Å². The fraction of sp³-hybridized carbons (Fsp3) is 0.381. The van der Waals surface area contributed by atoms with E-state index in [-0.39, 0.29) is 10.3 Å². The Labute approximate surface area is 146 Å². The van der Waals surface area contributed by atoms with Gasteiger partial charge >= 0.3 is 0 Å². The molecular weight excluding hydrogens is 311 g/mol. The van der Waals surface area contributed by atoms with Gasteiger partial charge in [-0.25, -0.2) is 4.68 Å². The van der Waals surface area contributed by atoms with Gasteiger partial charge in [0, 0.05) is 5.39 Å². The third-order valence-electron chi connectivity index (χ3n) is 4.19. The minimum Gasteiger partial charge on any atom is -0.233 e. The molecule has 1 aromatic heterocycles. The summed E-state index contributed by atoms with van der Waals surface area (Å²) in [5.74, 6) is 0. The molecule has 2 aromatic carbocycles. The van der Waals surface area contributed by atoms with E-state index in [9.17, 15) is 0 Å². The lowest BCUT2D eigenvalue weighted by molar-refractivity contribution is 0.711. The van der Waals surface area contributed by atoms with Gasteiger partial charge in [0.15, 0.2) is 0 Å². The van der Waals surface area contributed by atoms with Crippen LogP contribution >= 0.6 is 7.92 Å². The van der Waals surface area contributed by atoms with Crippen LogP contribution in [0.5, 0.6) is 0 Å². The highest BCUT2D eigenvalue weighted by Gasteiger charge is 2.38. The number of hydrogen-bond acceptors (Lipinski definition) is 1. The molecule has 2 nitrogen and oxygen atoms in total. The van der Waals surface area contributed by atoms with Gasteiger partial charge in [0.05, 0.1) is 17.3 Å². The molecule has 0 bridgehead atoms. The zero-order valence-electron chi connectivity index (χ0n) is 15.5. The lowest BCUT2D eigenvalue weighted by Crippen LogP contribution is -2.34. The maximum Gasteiger partial charge on any atom is 0.0731 e. The normalized spacial score (nSPS) is 13.0. The molecule has 126 valence electrons. The Morgan fingerprint density at radius 1 is 0.792 bits per heavy atom. The van der Waals surface area contributed by atoms with Crippen LogP contribution in [0, 0.1) is 0 Å². The van der Waals surface area contributed by atoms with E-state index in [1.54, 1.807) is 0 Å². The molecule has 0 saturated heterocycles. The van der Waals surface area contributed by atoms with Gasteiger partial charge in [-0.15, -0.1) is 0 Å². The van der Waals surface area contributed by atoms with E-state index in [2.05, 4.69) is 94.8 Å². The van der Waals surface area contributed by atoms with E-state index in [0.29, 0.717) is 0 Å². The first-order valence-corrected chi connectivity index (χ1v) is 9.86. The van der Waals surface area contributed by atoms with E-state index < -0.39 is 7.92 Å². The summed E-state index contributed by atoms with van der Waals surface area (Å²) >= 11 is 0. The van der Waals surface area contributed by atoms with Crippen LogP contribution in [0.25, 0.3) is 16.5 Å². The van der Waals surface area contributed by atoms with Crippen molar-refractivity contribution < 1.29 is 0 Å². The largest absolute Gasteiger partial charge is 0.233 e. The number of rotatable bonds is 2. The monoisotopic (exact) mass is 338 g/mol. The first kappa shape index (κ1) is 17.2. The van der Waals surface area contributed by atoms with Gasteiger partial charge in [-0.1, -0.05) is 77.9 Å². The van der Waals surface area contributed by atoms with Gasteiger partial charge in [0.25, 0.3) is 0 Å². The molecule has 0 aliphatic heterocycles. The van der Waals surface area contributed by atoms with Crippen LogP contribution in [0.4, 0.5) is 0 Å². The summed E-state index contributed by atoms with van der Waals surface area (Å²) in [5, 5.41) is 7.66. The second-order valence-electron chi connectivity index (χ2n) is 8.28. The van der Waals surface area contributed by atoms with E-state index >= 15 is 0 Å². The fourth-order valence-corrected chi connectivity index (χ4v) is 7.69. The van der Waals surface area contributed by atoms with Gasteiger partial charge in [0.1, 0.15) is 0 Å². The van der Waals surface area contributed by atoms with E-state index in [1.807, 2.05) is 6.20 Å². The van der Waals surface area contributed by atoms with Crippen molar-refractivity contribution in [2.45, 2.75) is 51.9 Å². The molecule has 0 aliphatic rings. The second kappa shape index (κ2) is 6.01. The highest BCUT2D eigenvalue weighted by molar-refractivity contribution is 7.68. The van der Waals surface area contributed by atoms with Crippen molar-refractivity contribution in [1.29, 1.82) is 0 Å². The molecule has 0 amide bonds. The molecule has 3 rings (SSSR count). The van der Waals surface area contributed by atoms with Crippen molar-refractivity contribution in [3.63, 3.8) is 0 Å². The first-order valence-electron chi connectivity index (χ1n) is 8.52. The zero-order valence-corrected chi connectivity index (χ0v) is 16.4. The minimum atomic E-state index is -0.400. The molecule has 0 atom stereocenters. The predicted molar refractivity (Wildman–Crippen MR) is 107 cm³/mol. The van der Waals surface area contributed by atoms with Crippen LogP contribution < -0.4 is 5.44 Å². The SMILES string of the molecule is CC(C)(C)P(c1ccnn1-c1cccc2ccccc12)C(C)(C)C. The third-order valence-corrected chi connectivity index (χ3v) is 7.67. The van der Waals surface area contributed by atoms with Gasteiger partial charge in [-0.2, -0.15) is 5.10 Å². The van der Waals surface area contributed by atoms with Crippen molar-refractivity contribution in [3.05, 3.63) is 54.7 Å². The Morgan fingerprint density at radius 2 is 1.42 bits per heavy atom. The van der Waals surface area contributed by atoms with Crippen LogP contribution in [0.2, 0.25) is 0 Å². The van der Waals surface area contributed by atoms with Gasteiger partial charge in [-0.05, 0) is 35.8 Å². The zero-order chi connectivity index (χ0) is 17.5. The highest BCUT2D eigenvalue weighted by Crippen LogP contribution is 2.58. The predicted octanol–water partition coefficient (Wildman–Crippen LogP) is 5.73. The van der Waals surface area contributed by atoms with Crippen LogP contribution in [-0.2, 0) is 0 Å².